The summed E-state index contributed by atoms with van der Waals surface area (Å²) in [4.78, 5) is 23.5. The number of hydrogen-bond acceptors (Lipinski definition) is 9. The molecule has 1 unspecified atom stereocenters. The number of carbonyl (C=O) groups is 2. The van der Waals surface area contributed by atoms with Crippen molar-refractivity contribution in [3.63, 3.8) is 0 Å². The maximum atomic E-state index is 11.8. The van der Waals surface area contributed by atoms with Crippen molar-refractivity contribution in [2.75, 3.05) is 34.0 Å². The van der Waals surface area contributed by atoms with E-state index < -0.39 is 18.2 Å². The fourth-order valence-corrected chi connectivity index (χ4v) is 3.17. The Morgan fingerprint density at radius 1 is 0.757 bits per heavy atom. The van der Waals surface area contributed by atoms with E-state index in [1.54, 1.807) is 63.3 Å². The Morgan fingerprint density at radius 3 is 1.89 bits per heavy atom. The lowest BCUT2D eigenvalue weighted by Gasteiger charge is -2.21. The second-order valence-electron chi connectivity index (χ2n) is 7.37. The Morgan fingerprint density at radius 2 is 1.32 bits per heavy atom. The van der Waals surface area contributed by atoms with Gasteiger partial charge in [0.2, 0.25) is 5.75 Å². The quantitative estimate of drug-likeness (QED) is 0.186. The van der Waals surface area contributed by atoms with Crippen molar-refractivity contribution in [3.05, 3.63) is 53.6 Å². The molecule has 0 radical (unpaired) electrons. The first-order chi connectivity index (χ1) is 17.8. The zero-order chi connectivity index (χ0) is 27.2. The molecule has 9 heteroatoms. The average Bonchev–Trinajstić information content (AvgIpc) is 2.88. The molecule has 0 aromatic heterocycles. The molecule has 0 heterocycles. The maximum Gasteiger partial charge on any atom is 0.330 e. The van der Waals surface area contributed by atoms with E-state index in [-0.39, 0.29) is 6.61 Å². The Hall–Kier alpha value is -3.98. The van der Waals surface area contributed by atoms with Crippen LogP contribution in [-0.4, -0.2) is 52.3 Å². The third-order valence-electron chi connectivity index (χ3n) is 4.75. The molecule has 0 bridgehead atoms. The van der Waals surface area contributed by atoms with Crippen LogP contribution < -0.4 is 18.9 Å². The fourth-order valence-electron chi connectivity index (χ4n) is 3.17. The number of methoxy groups -OCH3 is 2. The van der Waals surface area contributed by atoms with Gasteiger partial charge in [-0.2, -0.15) is 0 Å². The van der Waals surface area contributed by atoms with Crippen LogP contribution in [-0.2, 0) is 23.8 Å². The highest BCUT2D eigenvalue weighted by Gasteiger charge is 2.19. The number of rotatable bonds is 14. The lowest BCUT2D eigenvalue weighted by Crippen LogP contribution is -2.17. The van der Waals surface area contributed by atoms with Crippen molar-refractivity contribution in [1.29, 1.82) is 0 Å². The molecular weight excluding hydrogens is 480 g/mol. The number of hydrogen-bond donors (Lipinski definition) is 0. The molecule has 0 aliphatic rings. The first kappa shape index (κ1) is 29.3. The van der Waals surface area contributed by atoms with Crippen LogP contribution in [0.25, 0.3) is 12.2 Å². The largest absolute Gasteiger partial charge is 0.493 e. The monoisotopic (exact) mass is 514 g/mol. The van der Waals surface area contributed by atoms with Crippen LogP contribution in [0.3, 0.4) is 0 Å². The minimum atomic E-state index is -0.584. The van der Waals surface area contributed by atoms with Gasteiger partial charge in [-0.05, 0) is 75.2 Å². The van der Waals surface area contributed by atoms with E-state index in [0.29, 0.717) is 53.1 Å². The summed E-state index contributed by atoms with van der Waals surface area (Å²) in [6, 6.07) is 8.58. The summed E-state index contributed by atoms with van der Waals surface area (Å²) in [7, 11) is 3.01. The van der Waals surface area contributed by atoms with E-state index in [1.807, 2.05) is 6.92 Å². The molecule has 2 aromatic rings. The van der Waals surface area contributed by atoms with E-state index >= 15 is 0 Å². The van der Waals surface area contributed by atoms with Gasteiger partial charge in [0.25, 0.3) is 0 Å². The molecule has 0 spiro atoms. The Kier molecular flexibility index (Phi) is 12.0. The summed E-state index contributed by atoms with van der Waals surface area (Å²) in [5.41, 5.74) is 1.33. The predicted octanol–water partition coefficient (Wildman–Crippen LogP) is 5.41. The summed E-state index contributed by atoms with van der Waals surface area (Å²) < 4.78 is 38.7. The standard InChI is InChI=1S/C28H34O9/c1-7-33-19(4)36-28-24(32-6)17-21(12-15-27(30)35-9-3)18-25(28)37-22-13-10-20(16-23(22)31-5)11-14-26(29)34-8-2/h10-19H,7-9H2,1-6H3/b14-11+,15-12+. The van der Waals surface area contributed by atoms with Gasteiger partial charge in [-0.3, -0.25) is 0 Å². The molecule has 2 rings (SSSR count). The van der Waals surface area contributed by atoms with E-state index in [1.165, 1.54) is 26.4 Å². The predicted molar refractivity (Wildman–Crippen MR) is 139 cm³/mol. The first-order valence-corrected chi connectivity index (χ1v) is 11.9. The van der Waals surface area contributed by atoms with Gasteiger partial charge in [-0.15, -0.1) is 0 Å². The zero-order valence-electron chi connectivity index (χ0n) is 22.1. The second-order valence-corrected chi connectivity index (χ2v) is 7.37. The fraction of sp³-hybridized carbons (Fsp3) is 0.357. The maximum absolute atomic E-state index is 11.8. The smallest absolute Gasteiger partial charge is 0.330 e. The van der Waals surface area contributed by atoms with Crippen LogP contribution in [0.15, 0.2) is 42.5 Å². The van der Waals surface area contributed by atoms with Crippen LogP contribution in [0.1, 0.15) is 38.8 Å². The van der Waals surface area contributed by atoms with Gasteiger partial charge in [-0.1, -0.05) is 6.07 Å². The zero-order valence-corrected chi connectivity index (χ0v) is 22.1. The highest BCUT2D eigenvalue weighted by molar-refractivity contribution is 5.88. The highest BCUT2D eigenvalue weighted by atomic mass is 16.7. The van der Waals surface area contributed by atoms with Crippen LogP contribution in [0.4, 0.5) is 0 Å². The minimum absolute atomic E-state index is 0.272. The molecule has 0 saturated heterocycles. The Balaban J connectivity index is 2.48. The molecule has 1 atom stereocenters. The molecule has 9 nitrogen and oxygen atoms in total. The molecule has 200 valence electrons. The Labute approximate surface area is 217 Å². The van der Waals surface area contributed by atoms with Crippen LogP contribution in [0.2, 0.25) is 0 Å². The van der Waals surface area contributed by atoms with Gasteiger partial charge in [0.1, 0.15) is 0 Å². The number of benzene rings is 2. The van der Waals surface area contributed by atoms with E-state index in [9.17, 15) is 9.59 Å². The molecule has 0 N–H and O–H groups in total. The molecule has 0 fully saturated rings. The first-order valence-electron chi connectivity index (χ1n) is 11.9. The van der Waals surface area contributed by atoms with Crippen LogP contribution in [0, 0.1) is 0 Å². The second kappa shape index (κ2) is 15.2. The number of ether oxygens (including phenoxy) is 7. The van der Waals surface area contributed by atoms with Crippen molar-refractivity contribution in [2.24, 2.45) is 0 Å². The van der Waals surface area contributed by atoms with Gasteiger partial charge in [0.05, 0.1) is 27.4 Å². The van der Waals surface area contributed by atoms with Crippen molar-refractivity contribution < 1.29 is 42.7 Å². The number of carbonyl (C=O) groups excluding carboxylic acids is 2. The van der Waals surface area contributed by atoms with Crippen molar-refractivity contribution in [3.8, 4) is 28.7 Å². The Bertz CT molecular complexity index is 1110. The lowest BCUT2D eigenvalue weighted by atomic mass is 10.1. The summed E-state index contributed by atoms with van der Waals surface area (Å²) in [5.74, 6) is 0.891. The molecule has 37 heavy (non-hydrogen) atoms. The van der Waals surface area contributed by atoms with Gasteiger partial charge < -0.3 is 33.2 Å². The summed E-state index contributed by atoms with van der Waals surface area (Å²) >= 11 is 0. The van der Waals surface area contributed by atoms with Gasteiger partial charge in [0.15, 0.2) is 29.3 Å². The van der Waals surface area contributed by atoms with E-state index in [4.69, 9.17) is 33.2 Å². The molecule has 0 amide bonds. The molecule has 2 aromatic carbocycles. The molecule has 0 aliphatic heterocycles. The molecule has 0 aliphatic carbocycles. The third kappa shape index (κ3) is 9.20. The molecule has 0 saturated carbocycles. The van der Waals surface area contributed by atoms with Crippen molar-refractivity contribution in [2.45, 2.75) is 34.0 Å². The normalized spacial score (nSPS) is 11.8. The summed E-state index contributed by atoms with van der Waals surface area (Å²) in [5, 5.41) is 0. The highest BCUT2D eigenvalue weighted by Crippen LogP contribution is 2.44. The van der Waals surface area contributed by atoms with E-state index in [0.717, 1.165) is 0 Å². The topological polar surface area (TPSA) is 98.8 Å². The number of esters is 2. The molecular formula is C28H34O9. The van der Waals surface area contributed by atoms with Gasteiger partial charge in [0, 0.05) is 18.8 Å². The minimum Gasteiger partial charge on any atom is -0.493 e. The third-order valence-corrected chi connectivity index (χ3v) is 4.75. The summed E-state index contributed by atoms with van der Waals surface area (Å²) in [6.45, 7) is 8.11. The van der Waals surface area contributed by atoms with Crippen LogP contribution in [0.5, 0.6) is 28.7 Å². The van der Waals surface area contributed by atoms with E-state index in [2.05, 4.69) is 0 Å². The van der Waals surface area contributed by atoms with Crippen molar-refractivity contribution in [1.82, 2.24) is 0 Å². The van der Waals surface area contributed by atoms with Crippen LogP contribution >= 0.6 is 0 Å². The SMILES string of the molecule is CCOC(=O)/C=C/c1ccc(Oc2cc(/C=C/C(=O)OCC)cc(OC)c2OC(C)OCC)c(OC)c1. The summed E-state index contributed by atoms with van der Waals surface area (Å²) in [6.07, 6.45) is 5.27. The van der Waals surface area contributed by atoms with Gasteiger partial charge in [-0.25, -0.2) is 9.59 Å². The van der Waals surface area contributed by atoms with Gasteiger partial charge >= 0.3 is 11.9 Å². The van der Waals surface area contributed by atoms with Crippen molar-refractivity contribution >= 4 is 24.1 Å². The average molecular weight is 515 g/mol. The lowest BCUT2D eigenvalue weighted by molar-refractivity contribution is -0.138.